The first-order chi connectivity index (χ1) is 15.0. The monoisotopic (exact) mass is 493 g/mol. The Balaban J connectivity index is 1.89. The van der Waals surface area contributed by atoms with E-state index in [1.165, 1.54) is 23.6 Å². The number of aryl methyl sites for hydroxylation is 2. The fourth-order valence-corrected chi connectivity index (χ4v) is 5.16. The molecule has 0 spiro atoms. The maximum Gasteiger partial charge on any atom is 0.262 e. The van der Waals surface area contributed by atoms with Crippen LogP contribution in [0.4, 0.5) is 10.8 Å². The highest BCUT2D eigenvalue weighted by atomic mass is 35.5. The van der Waals surface area contributed by atoms with Crippen molar-refractivity contribution in [1.82, 2.24) is 9.97 Å². The van der Waals surface area contributed by atoms with E-state index in [4.69, 9.17) is 17.3 Å². The fourth-order valence-electron chi connectivity index (χ4n) is 2.84. The van der Waals surface area contributed by atoms with Gasteiger partial charge in [-0.25, -0.2) is 18.4 Å². The first-order valence-electron chi connectivity index (χ1n) is 9.77. The minimum absolute atomic E-state index is 0.0139. The molecule has 3 aromatic rings. The summed E-state index contributed by atoms with van der Waals surface area (Å²) in [6.45, 7) is 7.32. The predicted molar refractivity (Wildman–Crippen MR) is 129 cm³/mol. The van der Waals surface area contributed by atoms with E-state index >= 15 is 0 Å². The zero-order valence-electron chi connectivity index (χ0n) is 18.0. The molecule has 0 bridgehead atoms. The van der Waals surface area contributed by atoms with Gasteiger partial charge in [0.05, 0.1) is 27.2 Å². The number of aromatic nitrogens is 2. The Morgan fingerprint density at radius 1 is 1.22 bits per heavy atom. The number of nitrogens with one attached hydrogen (secondary N) is 2. The van der Waals surface area contributed by atoms with E-state index in [-0.39, 0.29) is 27.6 Å². The predicted octanol–water partition coefficient (Wildman–Crippen LogP) is 4.20. The summed E-state index contributed by atoms with van der Waals surface area (Å²) >= 11 is 7.41. The number of hydrogen-bond acceptors (Lipinski definition) is 7. The second kappa shape index (κ2) is 9.53. The lowest BCUT2D eigenvalue weighted by Crippen LogP contribution is -2.39. The molecule has 0 saturated heterocycles. The Labute approximate surface area is 196 Å². The quantitative estimate of drug-likeness (QED) is 0.423. The van der Waals surface area contributed by atoms with Gasteiger partial charge in [0, 0.05) is 11.8 Å². The molecule has 0 aliphatic heterocycles. The van der Waals surface area contributed by atoms with Crippen LogP contribution < -0.4 is 15.8 Å². The third-order valence-corrected chi connectivity index (χ3v) is 7.48. The number of carbonyl (C=O) groups excluding carboxylic acids is 1. The van der Waals surface area contributed by atoms with E-state index in [0.717, 1.165) is 10.4 Å². The van der Waals surface area contributed by atoms with Crippen LogP contribution in [0.25, 0.3) is 10.4 Å². The number of nitrogens with zero attached hydrogens (tertiary/aromatic N) is 2. The SMILES string of the molecule is Cc1cccc(S(=O)(=O)Nc2cc(-c3sc(NC(=O)C(N)C(C)C)nc3C)cnc2Cl)c1. The van der Waals surface area contributed by atoms with Crippen LogP contribution in [-0.4, -0.2) is 30.3 Å². The summed E-state index contributed by atoms with van der Waals surface area (Å²) in [5.74, 6) is -0.332. The molecule has 0 saturated carbocycles. The van der Waals surface area contributed by atoms with Crippen LogP contribution in [-0.2, 0) is 14.8 Å². The topological polar surface area (TPSA) is 127 Å². The molecule has 1 atom stereocenters. The van der Waals surface area contributed by atoms with Crippen LogP contribution in [0.5, 0.6) is 0 Å². The summed E-state index contributed by atoms with van der Waals surface area (Å²) in [6, 6.07) is 7.49. The third kappa shape index (κ3) is 5.44. The van der Waals surface area contributed by atoms with Crippen LogP contribution in [0.1, 0.15) is 25.1 Å². The Kier molecular flexibility index (Phi) is 7.19. The molecule has 1 amide bonds. The van der Waals surface area contributed by atoms with Crippen molar-refractivity contribution >= 4 is 49.7 Å². The van der Waals surface area contributed by atoms with Crippen molar-refractivity contribution in [2.24, 2.45) is 11.7 Å². The number of amides is 1. The normalized spacial score (nSPS) is 12.6. The van der Waals surface area contributed by atoms with Crippen molar-refractivity contribution in [3.63, 3.8) is 0 Å². The Hall–Kier alpha value is -2.53. The lowest BCUT2D eigenvalue weighted by Gasteiger charge is -2.13. The Morgan fingerprint density at radius 3 is 2.59 bits per heavy atom. The molecule has 0 aliphatic rings. The Bertz CT molecular complexity index is 1260. The number of anilines is 2. The maximum absolute atomic E-state index is 12.8. The molecule has 170 valence electrons. The summed E-state index contributed by atoms with van der Waals surface area (Å²) in [4.78, 5) is 21.6. The van der Waals surface area contributed by atoms with Crippen LogP contribution in [0.2, 0.25) is 5.15 Å². The highest BCUT2D eigenvalue weighted by Gasteiger charge is 2.21. The van der Waals surface area contributed by atoms with Crippen molar-refractivity contribution in [3.8, 4) is 10.4 Å². The van der Waals surface area contributed by atoms with Gasteiger partial charge in [-0.2, -0.15) is 0 Å². The molecule has 8 nitrogen and oxygen atoms in total. The third-order valence-electron chi connectivity index (χ3n) is 4.69. The highest BCUT2D eigenvalue weighted by Crippen LogP contribution is 2.35. The summed E-state index contributed by atoms with van der Waals surface area (Å²) < 4.78 is 28.1. The first-order valence-corrected chi connectivity index (χ1v) is 12.4. The molecule has 0 fully saturated rings. The van der Waals surface area contributed by atoms with Gasteiger partial charge in [-0.3, -0.25) is 9.52 Å². The van der Waals surface area contributed by atoms with Crippen LogP contribution >= 0.6 is 22.9 Å². The lowest BCUT2D eigenvalue weighted by molar-refractivity contribution is -0.118. The van der Waals surface area contributed by atoms with Crippen molar-refractivity contribution in [2.75, 3.05) is 10.0 Å². The largest absolute Gasteiger partial charge is 0.320 e. The van der Waals surface area contributed by atoms with Gasteiger partial charge >= 0.3 is 0 Å². The maximum atomic E-state index is 12.8. The summed E-state index contributed by atoms with van der Waals surface area (Å²) in [7, 11) is -3.85. The molecule has 1 unspecified atom stereocenters. The average molecular weight is 494 g/mol. The van der Waals surface area contributed by atoms with E-state index < -0.39 is 16.1 Å². The van der Waals surface area contributed by atoms with Crippen molar-refractivity contribution in [2.45, 2.75) is 38.6 Å². The van der Waals surface area contributed by atoms with Crippen LogP contribution in [0, 0.1) is 19.8 Å². The highest BCUT2D eigenvalue weighted by molar-refractivity contribution is 7.92. The molecule has 2 heterocycles. The van der Waals surface area contributed by atoms with Crippen molar-refractivity contribution in [3.05, 3.63) is 52.9 Å². The number of carbonyl (C=O) groups is 1. The molecule has 3 rings (SSSR count). The molecule has 0 radical (unpaired) electrons. The minimum Gasteiger partial charge on any atom is -0.320 e. The van der Waals surface area contributed by atoms with E-state index in [9.17, 15) is 13.2 Å². The van der Waals surface area contributed by atoms with E-state index in [2.05, 4.69) is 20.0 Å². The number of hydrogen-bond donors (Lipinski definition) is 3. The van der Waals surface area contributed by atoms with Gasteiger partial charge in [0.25, 0.3) is 10.0 Å². The van der Waals surface area contributed by atoms with E-state index in [1.54, 1.807) is 25.1 Å². The fraction of sp³-hybridized carbons (Fsp3) is 0.286. The van der Waals surface area contributed by atoms with Gasteiger partial charge in [0.15, 0.2) is 10.3 Å². The number of sulfonamides is 1. The standard InChI is InChI=1S/C21H24ClN5O3S2/c1-11(2)17(23)20(28)26-21-25-13(4)18(31-21)14-9-16(19(22)24-10-14)27-32(29,30)15-7-5-6-12(3)8-15/h5-11,17,27H,23H2,1-4H3,(H,25,26,28). The minimum atomic E-state index is -3.85. The van der Waals surface area contributed by atoms with Gasteiger partial charge in [-0.05, 0) is 43.5 Å². The molecule has 0 aliphatic carbocycles. The van der Waals surface area contributed by atoms with Crippen LogP contribution in [0.15, 0.2) is 41.4 Å². The number of halogens is 1. The summed E-state index contributed by atoms with van der Waals surface area (Å²) in [5.41, 5.74) is 8.12. The molecular weight excluding hydrogens is 470 g/mol. The average Bonchev–Trinajstić information content (AvgIpc) is 3.08. The van der Waals surface area contributed by atoms with Crippen molar-refractivity contribution < 1.29 is 13.2 Å². The molecule has 11 heteroatoms. The molecular formula is C21H24ClN5O3S2. The number of benzene rings is 1. The number of rotatable bonds is 7. The van der Waals surface area contributed by atoms with E-state index in [1.807, 2.05) is 26.8 Å². The van der Waals surface area contributed by atoms with Crippen LogP contribution in [0.3, 0.4) is 0 Å². The second-order valence-electron chi connectivity index (χ2n) is 7.68. The van der Waals surface area contributed by atoms with Gasteiger partial charge < -0.3 is 11.1 Å². The summed E-state index contributed by atoms with van der Waals surface area (Å²) in [5, 5.41) is 3.15. The number of pyridine rings is 1. The van der Waals surface area contributed by atoms with Gasteiger partial charge in [-0.1, -0.05) is 48.9 Å². The zero-order chi connectivity index (χ0) is 23.6. The summed E-state index contributed by atoms with van der Waals surface area (Å²) in [6.07, 6.45) is 1.53. The van der Waals surface area contributed by atoms with Gasteiger partial charge in [0.2, 0.25) is 5.91 Å². The zero-order valence-corrected chi connectivity index (χ0v) is 20.4. The van der Waals surface area contributed by atoms with Crippen molar-refractivity contribution in [1.29, 1.82) is 0 Å². The molecule has 4 N–H and O–H groups in total. The van der Waals surface area contributed by atoms with Gasteiger partial charge in [0.1, 0.15) is 0 Å². The second-order valence-corrected chi connectivity index (χ2v) is 10.7. The molecule has 2 aromatic heterocycles. The number of thiazole rings is 1. The lowest BCUT2D eigenvalue weighted by atomic mass is 10.1. The van der Waals surface area contributed by atoms with Gasteiger partial charge in [-0.15, -0.1) is 0 Å². The van der Waals surface area contributed by atoms with E-state index in [0.29, 0.717) is 16.4 Å². The number of nitrogens with two attached hydrogens (primary N) is 1. The molecule has 32 heavy (non-hydrogen) atoms. The Morgan fingerprint density at radius 2 is 1.94 bits per heavy atom. The smallest absolute Gasteiger partial charge is 0.262 e. The first kappa shape index (κ1) is 24.1. The molecule has 1 aromatic carbocycles.